The zero-order valence-electron chi connectivity index (χ0n) is 18.6. The number of aliphatic carboxylic acids is 1. The second-order valence-corrected chi connectivity index (χ2v) is 8.75. The van der Waals surface area contributed by atoms with E-state index in [0.717, 1.165) is 23.4 Å². The van der Waals surface area contributed by atoms with Gasteiger partial charge >= 0.3 is 5.97 Å². The number of ether oxygens (including phenoxy) is 1. The van der Waals surface area contributed by atoms with Crippen molar-refractivity contribution in [2.75, 3.05) is 12.5 Å². The molecule has 11 heteroatoms. The second-order valence-electron chi connectivity index (χ2n) is 7.92. The van der Waals surface area contributed by atoms with E-state index in [1.54, 1.807) is 19.1 Å². The molecular formula is C24H21F2N5O3S. The average Bonchev–Trinajstić information content (AvgIpc) is 3.54. The number of rotatable bonds is 9. The van der Waals surface area contributed by atoms with Gasteiger partial charge in [0.2, 0.25) is 0 Å². The first-order valence-corrected chi connectivity index (χ1v) is 11.6. The highest BCUT2D eigenvalue weighted by Gasteiger charge is 2.46. The summed E-state index contributed by atoms with van der Waals surface area (Å²) in [5.74, 6) is -2.38. The third-order valence-corrected chi connectivity index (χ3v) is 6.69. The van der Waals surface area contributed by atoms with E-state index in [1.165, 1.54) is 35.2 Å². The number of thioether (sulfide) groups is 1. The molecule has 4 rings (SSSR count). The van der Waals surface area contributed by atoms with Crippen LogP contribution in [0, 0.1) is 23.0 Å². The Morgan fingerprint density at radius 3 is 2.71 bits per heavy atom. The predicted molar refractivity (Wildman–Crippen MR) is 125 cm³/mol. The van der Waals surface area contributed by atoms with Gasteiger partial charge < -0.3 is 14.7 Å². The van der Waals surface area contributed by atoms with Gasteiger partial charge in [-0.1, -0.05) is 18.2 Å². The molecule has 2 aromatic carbocycles. The molecule has 35 heavy (non-hydrogen) atoms. The smallest absolute Gasteiger partial charge is 0.329 e. The molecule has 1 aromatic heterocycles. The average molecular weight is 498 g/mol. The standard InChI is InChI=1S/C24H21F2N5O3S/c1-16(31-15-35-11-22(31)18-4-2-17(9-27)3-5-18)24(34-10-23(32)33,12-30-14-28-13-29-30)20-7-6-19(25)8-21(20)26/h2-8,11,13-14,16H,10,12,15H2,1H3,(H,32,33)/t16-,24+/m0/s1. The Kier molecular flexibility index (Phi) is 7.14. The van der Waals surface area contributed by atoms with Crippen LogP contribution in [-0.2, 0) is 21.7 Å². The molecule has 1 aliphatic rings. The number of carboxylic acid groups (broad SMARTS) is 1. The first kappa shape index (κ1) is 24.4. The highest BCUT2D eigenvalue weighted by molar-refractivity contribution is 8.02. The van der Waals surface area contributed by atoms with E-state index in [0.29, 0.717) is 11.4 Å². The minimum Gasteiger partial charge on any atom is -0.480 e. The van der Waals surface area contributed by atoms with Crippen molar-refractivity contribution in [3.8, 4) is 6.07 Å². The molecule has 1 aliphatic heterocycles. The normalized spacial score (nSPS) is 15.8. The third kappa shape index (κ3) is 5.03. The molecular weight excluding hydrogens is 476 g/mol. The van der Waals surface area contributed by atoms with Gasteiger partial charge in [-0.05, 0) is 36.1 Å². The molecule has 8 nitrogen and oxygen atoms in total. The van der Waals surface area contributed by atoms with Crippen molar-refractivity contribution in [2.45, 2.75) is 25.1 Å². The summed E-state index contributed by atoms with van der Waals surface area (Å²) in [4.78, 5) is 17.4. The van der Waals surface area contributed by atoms with Crippen LogP contribution in [0.2, 0.25) is 0 Å². The first-order valence-electron chi connectivity index (χ1n) is 10.6. The maximum absolute atomic E-state index is 15.3. The SMILES string of the molecule is C[C@H](N1CSC=C1c1ccc(C#N)cc1)[C@@](Cn1cncn1)(OCC(=O)O)c1ccc(F)cc1F. The Labute approximate surface area is 204 Å². The molecule has 0 unspecified atom stereocenters. The quantitative estimate of drug-likeness (QED) is 0.476. The van der Waals surface area contributed by atoms with Gasteiger partial charge in [0.05, 0.1) is 35.8 Å². The molecule has 1 N–H and O–H groups in total. The van der Waals surface area contributed by atoms with Crippen LogP contribution in [0.25, 0.3) is 5.70 Å². The summed E-state index contributed by atoms with van der Waals surface area (Å²) in [5, 5.41) is 24.6. The lowest BCUT2D eigenvalue weighted by Gasteiger charge is -2.44. The van der Waals surface area contributed by atoms with Gasteiger partial charge in [0.1, 0.15) is 36.5 Å². The topological polar surface area (TPSA) is 104 Å². The summed E-state index contributed by atoms with van der Waals surface area (Å²) in [6.07, 6.45) is 2.73. The van der Waals surface area contributed by atoms with E-state index in [9.17, 15) is 14.3 Å². The van der Waals surface area contributed by atoms with Gasteiger partial charge in [0.25, 0.3) is 0 Å². The fourth-order valence-electron chi connectivity index (χ4n) is 4.12. The zero-order valence-corrected chi connectivity index (χ0v) is 19.5. The third-order valence-electron chi connectivity index (χ3n) is 5.87. The Bertz CT molecular complexity index is 1280. The largest absolute Gasteiger partial charge is 0.480 e. The van der Waals surface area contributed by atoms with Crippen molar-refractivity contribution in [1.82, 2.24) is 19.7 Å². The van der Waals surface area contributed by atoms with Crippen molar-refractivity contribution in [3.63, 3.8) is 0 Å². The molecule has 180 valence electrons. The summed E-state index contributed by atoms with van der Waals surface area (Å²) < 4.78 is 36.5. The number of hydrogen-bond donors (Lipinski definition) is 1. The summed E-state index contributed by atoms with van der Waals surface area (Å²) in [5.41, 5.74) is 0.558. The maximum Gasteiger partial charge on any atom is 0.329 e. The number of aromatic nitrogens is 3. The summed E-state index contributed by atoms with van der Waals surface area (Å²) in [7, 11) is 0. The van der Waals surface area contributed by atoms with Crippen LogP contribution in [-0.4, -0.2) is 49.3 Å². The van der Waals surface area contributed by atoms with E-state index in [-0.39, 0.29) is 12.1 Å². The van der Waals surface area contributed by atoms with E-state index < -0.39 is 35.9 Å². The molecule has 2 heterocycles. The van der Waals surface area contributed by atoms with E-state index in [4.69, 9.17) is 10.00 Å². The summed E-state index contributed by atoms with van der Waals surface area (Å²) >= 11 is 1.51. The fourth-order valence-corrected chi connectivity index (χ4v) is 5.15. The number of nitriles is 1. The summed E-state index contributed by atoms with van der Waals surface area (Å²) in [6.45, 7) is 1.00. The maximum atomic E-state index is 15.3. The molecule has 0 spiro atoms. The molecule has 0 fully saturated rings. The van der Waals surface area contributed by atoms with Crippen LogP contribution < -0.4 is 0 Å². The zero-order chi connectivity index (χ0) is 25.0. The van der Waals surface area contributed by atoms with Gasteiger partial charge in [0.15, 0.2) is 0 Å². The van der Waals surface area contributed by atoms with Crippen LogP contribution in [0.1, 0.15) is 23.6 Å². The number of benzene rings is 2. The van der Waals surface area contributed by atoms with Crippen molar-refractivity contribution in [2.24, 2.45) is 0 Å². The molecule has 0 radical (unpaired) electrons. The molecule has 0 saturated carbocycles. The van der Waals surface area contributed by atoms with Crippen LogP contribution in [0.4, 0.5) is 8.78 Å². The van der Waals surface area contributed by atoms with Crippen LogP contribution in [0.3, 0.4) is 0 Å². The minimum absolute atomic E-state index is 0.000714. The Hall–Kier alpha value is -3.75. The van der Waals surface area contributed by atoms with Crippen LogP contribution in [0.15, 0.2) is 60.5 Å². The molecule has 0 saturated heterocycles. The molecule has 0 aliphatic carbocycles. The fraction of sp³-hybridized carbons (Fsp3) is 0.250. The van der Waals surface area contributed by atoms with Crippen molar-refractivity contribution < 1.29 is 23.4 Å². The number of nitrogens with zero attached hydrogens (tertiary/aromatic N) is 5. The minimum atomic E-state index is -1.58. The number of carbonyl (C=O) groups is 1. The molecule has 3 aromatic rings. The van der Waals surface area contributed by atoms with Crippen molar-refractivity contribution in [3.05, 3.63) is 88.9 Å². The Morgan fingerprint density at radius 2 is 2.09 bits per heavy atom. The highest BCUT2D eigenvalue weighted by Crippen LogP contribution is 2.42. The number of carboxylic acids is 1. The number of hydrogen-bond acceptors (Lipinski definition) is 7. The van der Waals surface area contributed by atoms with Gasteiger partial charge in [-0.3, -0.25) is 0 Å². The lowest BCUT2D eigenvalue weighted by atomic mass is 9.84. The summed E-state index contributed by atoms with van der Waals surface area (Å²) in [6, 6.07) is 11.6. The van der Waals surface area contributed by atoms with Crippen LogP contribution in [0.5, 0.6) is 0 Å². The lowest BCUT2D eigenvalue weighted by molar-refractivity contribution is -0.158. The number of halogens is 2. The molecule has 0 bridgehead atoms. The lowest BCUT2D eigenvalue weighted by Crippen LogP contribution is -2.53. The van der Waals surface area contributed by atoms with Gasteiger partial charge in [-0.15, -0.1) is 11.8 Å². The van der Waals surface area contributed by atoms with E-state index in [2.05, 4.69) is 16.2 Å². The molecule has 2 atom stereocenters. The van der Waals surface area contributed by atoms with E-state index >= 15 is 4.39 Å². The predicted octanol–water partition coefficient (Wildman–Crippen LogP) is 3.82. The second kappa shape index (κ2) is 10.2. The Balaban J connectivity index is 1.82. The van der Waals surface area contributed by atoms with Crippen molar-refractivity contribution in [1.29, 1.82) is 5.26 Å². The van der Waals surface area contributed by atoms with Crippen LogP contribution >= 0.6 is 11.8 Å². The van der Waals surface area contributed by atoms with E-state index in [1.807, 2.05) is 22.4 Å². The van der Waals surface area contributed by atoms with Gasteiger partial charge in [-0.25, -0.2) is 23.2 Å². The van der Waals surface area contributed by atoms with Gasteiger partial charge in [-0.2, -0.15) is 10.4 Å². The van der Waals surface area contributed by atoms with Crippen molar-refractivity contribution >= 4 is 23.4 Å². The first-order chi connectivity index (χ1) is 16.8. The van der Waals surface area contributed by atoms with Gasteiger partial charge in [0, 0.05) is 11.6 Å². The molecule has 0 amide bonds. The monoisotopic (exact) mass is 497 g/mol. The highest BCUT2D eigenvalue weighted by atomic mass is 32.2. The Morgan fingerprint density at radius 1 is 1.31 bits per heavy atom.